The van der Waals surface area contributed by atoms with E-state index < -0.39 is 0 Å². The third-order valence-electron chi connectivity index (χ3n) is 2.33. The van der Waals surface area contributed by atoms with E-state index in [4.69, 9.17) is 5.73 Å². The van der Waals surface area contributed by atoms with Crippen LogP contribution in [-0.4, -0.2) is 4.98 Å². The minimum absolute atomic E-state index is 0.277. The minimum atomic E-state index is -0.277. The first kappa shape index (κ1) is 9.65. The number of aromatic nitrogens is 1. The fourth-order valence-corrected chi connectivity index (χ4v) is 1.59. The van der Waals surface area contributed by atoms with Crippen molar-refractivity contribution in [3.63, 3.8) is 0 Å². The van der Waals surface area contributed by atoms with Crippen molar-refractivity contribution in [1.29, 1.82) is 0 Å². The van der Waals surface area contributed by atoms with Crippen molar-refractivity contribution in [1.82, 2.24) is 4.98 Å². The summed E-state index contributed by atoms with van der Waals surface area (Å²) in [6.45, 7) is 1.89. The van der Waals surface area contributed by atoms with Gasteiger partial charge in [0.2, 0.25) is 0 Å². The Morgan fingerprint density at radius 2 is 1.93 bits per heavy atom. The van der Waals surface area contributed by atoms with E-state index >= 15 is 0 Å². The van der Waals surface area contributed by atoms with Crippen LogP contribution in [0.15, 0.2) is 36.5 Å². The number of benzene rings is 1. The maximum atomic E-state index is 13.6. The van der Waals surface area contributed by atoms with Gasteiger partial charge >= 0.3 is 0 Å². The van der Waals surface area contributed by atoms with Crippen molar-refractivity contribution in [2.75, 3.05) is 5.73 Å². The van der Waals surface area contributed by atoms with Crippen LogP contribution in [0.2, 0.25) is 0 Å². The smallest absolute Gasteiger partial charge is 0.131 e. The van der Waals surface area contributed by atoms with Crippen LogP contribution in [0.3, 0.4) is 0 Å². The van der Waals surface area contributed by atoms with Crippen molar-refractivity contribution in [3.8, 4) is 11.1 Å². The molecule has 0 aliphatic rings. The molecule has 2 nitrogen and oxygen atoms in total. The lowest BCUT2D eigenvalue weighted by Crippen LogP contribution is -1.97. The summed E-state index contributed by atoms with van der Waals surface area (Å²) in [5.41, 5.74) is 7.85. The largest absolute Gasteiger partial charge is 0.383 e. The van der Waals surface area contributed by atoms with Crippen LogP contribution < -0.4 is 5.73 Å². The Labute approximate surface area is 87.6 Å². The zero-order chi connectivity index (χ0) is 10.8. The molecular weight excluding hydrogens is 191 g/mol. The number of aryl methyl sites for hydroxylation is 1. The Morgan fingerprint density at radius 3 is 2.60 bits per heavy atom. The fourth-order valence-electron chi connectivity index (χ4n) is 1.59. The van der Waals surface area contributed by atoms with Crippen LogP contribution in [0.5, 0.6) is 0 Å². The molecule has 0 saturated carbocycles. The van der Waals surface area contributed by atoms with Crippen LogP contribution in [0.1, 0.15) is 5.56 Å². The highest BCUT2D eigenvalue weighted by molar-refractivity contribution is 5.76. The van der Waals surface area contributed by atoms with Gasteiger partial charge in [-0.1, -0.05) is 18.2 Å². The van der Waals surface area contributed by atoms with Crippen LogP contribution in [0.4, 0.5) is 10.2 Å². The van der Waals surface area contributed by atoms with E-state index in [2.05, 4.69) is 4.98 Å². The Hall–Kier alpha value is -1.90. The first-order valence-corrected chi connectivity index (χ1v) is 4.66. The predicted molar refractivity (Wildman–Crippen MR) is 58.8 cm³/mol. The number of nitrogens with two attached hydrogens (primary N) is 1. The highest BCUT2D eigenvalue weighted by Gasteiger charge is 2.10. The summed E-state index contributed by atoms with van der Waals surface area (Å²) < 4.78 is 13.6. The Morgan fingerprint density at radius 1 is 1.20 bits per heavy atom. The van der Waals surface area contributed by atoms with Crippen molar-refractivity contribution < 1.29 is 4.39 Å². The second-order valence-corrected chi connectivity index (χ2v) is 3.37. The van der Waals surface area contributed by atoms with Gasteiger partial charge in [0.1, 0.15) is 11.6 Å². The van der Waals surface area contributed by atoms with E-state index in [1.54, 1.807) is 24.4 Å². The maximum absolute atomic E-state index is 13.6. The number of anilines is 1. The van der Waals surface area contributed by atoms with Crippen LogP contribution in [0, 0.1) is 12.7 Å². The molecule has 76 valence electrons. The second kappa shape index (κ2) is 3.69. The highest BCUT2D eigenvalue weighted by Crippen LogP contribution is 2.29. The van der Waals surface area contributed by atoms with Gasteiger partial charge in [-0.15, -0.1) is 0 Å². The predicted octanol–water partition coefficient (Wildman–Crippen LogP) is 2.78. The molecule has 1 heterocycles. The molecule has 1 aromatic heterocycles. The molecule has 0 bridgehead atoms. The lowest BCUT2D eigenvalue weighted by molar-refractivity contribution is 0.631. The zero-order valence-corrected chi connectivity index (χ0v) is 8.37. The average Bonchev–Trinajstić information content (AvgIpc) is 2.20. The standard InChI is InChI=1S/C12H11FN2/c1-8-6-7-15-12(14)11(8)9-4-2-3-5-10(9)13/h2-7H,1H3,(H2,14,15). The van der Waals surface area contributed by atoms with Crippen molar-refractivity contribution in [3.05, 3.63) is 47.9 Å². The summed E-state index contributed by atoms with van der Waals surface area (Å²) in [6, 6.07) is 8.38. The van der Waals surface area contributed by atoms with Crippen LogP contribution >= 0.6 is 0 Å². The lowest BCUT2D eigenvalue weighted by Gasteiger charge is -2.08. The van der Waals surface area contributed by atoms with Gasteiger partial charge in [-0.2, -0.15) is 0 Å². The minimum Gasteiger partial charge on any atom is -0.383 e. The topological polar surface area (TPSA) is 38.9 Å². The lowest BCUT2D eigenvalue weighted by atomic mass is 10.0. The van der Waals surface area contributed by atoms with Gasteiger partial charge in [0.05, 0.1) is 0 Å². The van der Waals surface area contributed by atoms with E-state index in [9.17, 15) is 4.39 Å². The number of halogens is 1. The van der Waals surface area contributed by atoms with Crippen molar-refractivity contribution in [2.45, 2.75) is 6.92 Å². The molecule has 3 heteroatoms. The summed E-state index contributed by atoms with van der Waals surface area (Å²) in [6.07, 6.45) is 1.62. The quantitative estimate of drug-likeness (QED) is 0.772. The van der Waals surface area contributed by atoms with Gasteiger partial charge in [0.15, 0.2) is 0 Å². The van der Waals surface area contributed by atoms with E-state index in [0.717, 1.165) is 5.56 Å². The van der Waals surface area contributed by atoms with E-state index in [1.807, 2.05) is 13.0 Å². The molecule has 0 spiro atoms. The Kier molecular flexibility index (Phi) is 2.37. The van der Waals surface area contributed by atoms with Gasteiger partial charge in [-0.3, -0.25) is 0 Å². The Bertz CT molecular complexity index is 474. The number of hydrogen-bond acceptors (Lipinski definition) is 2. The third kappa shape index (κ3) is 1.68. The first-order valence-electron chi connectivity index (χ1n) is 4.66. The molecule has 0 atom stereocenters. The van der Waals surface area contributed by atoms with E-state index in [-0.39, 0.29) is 5.82 Å². The normalized spacial score (nSPS) is 10.3. The van der Waals surface area contributed by atoms with Gasteiger partial charge in [-0.05, 0) is 24.6 Å². The SMILES string of the molecule is Cc1ccnc(N)c1-c1ccccc1F. The summed E-state index contributed by atoms with van der Waals surface area (Å²) in [5.74, 6) is 0.0837. The molecule has 0 amide bonds. The molecule has 1 aromatic carbocycles. The fraction of sp³-hybridized carbons (Fsp3) is 0.0833. The third-order valence-corrected chi connectivity index (χ3v) is 2.33. The van der Waals surface area contributed by atoms with Crippen LogP contribution in [-0.2, 0) is 0 Å². The molecule has 15 heavy (non-hydrogen) atoms. The summed E-state index contributed by atoms with van der Waals surface area (Å²) in [4.78, 5) is 3.97. The zero-order valence-electron chi connectivity index (χ0n) is 8.37. The molecule has 0 radical (unpaired) electrons. The molecule has 0 saturated heterocycles. The average molecular weight is 202 g/mol. The highest BCUT2D eigenvalue weighted by atomic mass is 19.1. The first-order chi connectivity index (χ1) is 7.20. The molecule has 0 fully saturated rings. The molecule has 2 N–H and O–H groups in total. The molecule has 2 rings (SSSR count). The van der Waals surface area contributed by atoms with E-state index in [0.29, 0.717) is 16.9 Å². The number of rotatable bonds is 1. The van der Waals surface area contributed by atoms with Crippen LogP contribution in [0.25, 0.3) is 11.1 Å². The second-order valence-electron chi connectivity index (χ2n) is 3.37. The monoisotopic (exact) mass is 202 g/mol. The summed E-state index contributed by atoms with van der Waals surface area (Å²) >= 11 is 0. The van der Waals surface area contributed by atoms with Gasteiger partial charge in [-0.25, -0.2) is 9.37 Å². The Balaban J connectivity index is 2.69. The van der Waals surface area contributed by atoms with E-state index in [1.165, 1.54) is 6.07 Å². The summed E-state index contributed by atoms with van der Waals surface area (Å²) in [7, 11) is 0. The number of hydrogen-bond donors (Lipinski definition) is 1. The number of nitrogens with zero attached hydrogens (tertiary/aromatic N) is 1. The molecule has 0 aliphatic carbocycles. The number of pyridine rings is 1. The van der Waals surface area contributed by atoms with Gasteiger partial charge in [0, 0.05) is 17.3 Å². The molecule has 0 unspecified atom stereocenters. The summed E-state index contributed by atoms with van der Waals surface area (Å²) in [5, 5.41) is 0. The maximum Gasteiger partial charge on any atom is 0.131 e. The molecule has 0 aliphatic heterocycles. The van der Waals surface area contributed by atoms with Crippen molar-refractivity contribution in [2.24, 2.45) is 0 Å². The van der Waals surface area contributed by atoms with Gasteiger partial charge < -0.3 is 5.73 Å². The van der Waals surface area contributed by atoms with Gasteiger partial charge in [0.25, 0.3) is 0 Å². The molecule has 2 aromatic rings. The van der Waals surface area contributed by atoms with Crippen molar-refractivity contribution >= 4 is 5.82 Å². The number of nitrogen functional groups attached to an aromatic ring is 1. The molecular formula is C12H11FN2.